The predicted octanol–water partition coefficient (Wildman–Crippen LogP) is 8.72. The van der Waals surface area contributed by atoms with Crippen LogP contribution < -0.4 is 0 Å². The maximum absolute atomic E-state index is 10.2. The quantitative estimate of drug-likeness (QED) is 0.0488. The molecule has 8 nitrogen and oxygen atoms in total. The summed E-state index contributed by atoms with van der Waals surface area (Å²) in [4.78, 5) is 0. The van der Waals surface area contributed by atoms with Crippen molar-refractivity contribution >= 4 is 0 Å². The van der Waals surface area contributed by atoms with Gasteiger partial charge in [0.25, 0.3) is 0 Å². The van der Waals surface area contributed by atoms with Crippen molar-refractivity contribution in [2.24, 2.45) is 5.92 Å². The number of rotatable bonds is 15. The van der Waals surface area contributed by atoms with Crippen molar-refractivity contribution in [1.29, 1.82) is 0 Å². The minimum absolute atomic E-state index is 0.117. The highest BCUT2D eigenvalue weighted by Gasteiger charge is 2.25. The number of aromatic hydroxyl groups is 8. The summed E-state index contributed by atoms with van der Waals surface area (Å²) >= 11 is 0. The molecule has 0 aliphatic rings. The van der Waals surface area contributed by atoms with Crippen molar-refractivity contribution in [2.45, 2.75) is 57.3 Å². The van der Waals surface area contributed by atoms with Crippen molar-refractivity contribution in [3.63, 3.8) is 0 Å². The topological polar surface area (TPSA) is 162 Å². The maximum atomic E-state index is 10.2. The van der Waals surface area contributed by atoms with E-state index in [1.165, 1.54) is 35.4 Å². The minimum atomic E-state index is -0.517. The molecule has 0 aliphatic carbocycles. The van der Waals surface area contributed by atoms with Crippen LogP contribution in [0.2, 0.25) is 0 Å². The number of phenols is 8. The average Bonchev–Trinajstić information content (AvgIpc) is 3.17. The van der Waals surface area contributed by atoms with Gasteiger partial charge in [0.15, 0.2) is 34.5 Å². The predicted molar refractivity (Wildman–Crippen MR) is 209 cm³/mol. The van der Waals surface area contributed by atoms with E-state index in [0.717, 1.165) is 59.1 Å². The van der Waals surface area contributed by atoms with Crippen molar-refractivity contribution in [3.8, 4) is 46.0 Å². The van der Waals surface area contributed by atoms with Crippen LogP contribution >= 0.6 is 0 Å². The summed E-state index contributed by atoms with van der Waals surface area (Å²) in [6.07, 6.45) is 5.85. The van der Waals surface area contributed by atoms with Crippen LogP contribution in [0, 0.1) is 5.92 Å². The molecule has 0 heterocycles. The fraction of sp³-hybridized carbons (Fsp3) is 0.217. The molecule has 6 aromatic rings. The Hall–Kier alpha value is -6.28. The monoisotopic (exact) mass is 726 g/mol. The third kappa shape index (κ3) is 9.77. The van der Waals surface area contributed by atoms with E-state index in [1.54, 1.807) is 24.3 Å². The summed E-state index contributed by atoms with van der Waals surface area (Å²) in [5.74, 6) is -1.62. The van der Waals surface area contributed by atoms with Crippen LogP contribution in [0.5, 0.6) is 46.0 Å². The highest BCUT2D eigenvalue weighted by molar-refractivity contribution is 5.52. The number of benzene rings is 6. The van der Waals surface area contributed by atoms with Crippen LogP contribution in [-0.4, -0.2) is 40.9 Å². The molecule has 0 bridgehead atoms. The summed E-state index contributed by atoms with van der Waals surface area (Å²) < 4.78 is 0. The number of aryl methyl sites for hydroxylation is 5. The smallest absolute Gasteiger partial charge is 0.200 e. The van der Waals surface area contributed by atoms with Gasteiger partial charge in [0.2, 0.25) is 0 Å². The third-order valence-electron chi connectivity index (χ3n) is 10.3. The van der Waals surface area contributed by atoms with Gasteiger partial charge in [0, 0.05) is 0 Å². The zero-order valence-corrected chi connectivity index (χ0v) is 29.9. The van der Waals surface area contributed by atoms with Gasteiger partial charge >= 0.3 is 0 Å². The second-order valence-corrected chi connectivity index (χ2v) is 14.2. The minimum Gasteiger partial charge on any atom is -0.508 e. The molecule has 278 valence electrons. The Labute approximate surface area is 315 Å². The van der Waals surface area contributed by atoms with Crippen molar-refractivity contribution in [3.05, 3.63) is 166 Å². The molecule has 0 aromatic heterocycles. The van der Waals surface area contributed by atoms with Gasteiger partial charge in [-0.1, -0.05) is 72.8 Å². The molecule has 6 aromatic carbocycles. The van der Waals surface area contributed by atoms with Crippen LogP contribution in [0.4, 0.5) is 0 Å². The third-order valence-corrected chi connectivity index (χ3v) is 10.3. The maximum Gasteiger partial charge on any atom is 0.200 e. The second-order valence-electron chi connectivity index (χ2n) is 14.2. The Morgan fingerprint density at radius 3 is 1.11 bits per heavy atom. The molecule has 8 N–H and O–H groups in total. The summed E-state index contributed by atoms with van der Waals surface area (Å²) in [6.45, 7) is 0. The molecule has 0 spiro atoms. The molecule has 0 fully saturated rings. The van der Waals surface area contributed by atoms with Crippen molar-refractivity contribution < 1.29 is 40.9 Å². The van der Waals surface area contributed by atoms with Crippen LogP contribution in [0.25, 0.3) is 0 Å². The van der Waals surface area contributed by atoms with E-state index < -0.39 is 11.5 Å². The van der Waals surface area contributed by atoms with Crippen LogP contribution in [0.15, 0.2) is 121 Å². The molecule has 0 saturated heterocycles. The molecular formula is C46H46O8. The second kappa shape index (κ2) is 17.0. The first-order valence-corrected chi connectivity index (χ1v) is 18.2. The average molecular weight is 727 g/mol. The SMILES string of the molecule is Oc1ccc(CC[C@@H](Cc2ccc(CCc3cc(O)c(O)c(O)c3)cc2)[C@H](Cc2ccc(CCc3cc(O)c(O)c(O)c3)cc2)c2ccc(O)cc2)cc1. The number of phenolic OH excluding ortho intramolecular Hbond substituents is 8. The highest BCUT2D eigenvalue weighted by atomic mass is 16.3. The molecule has 0 saturated carbocycles. The van der Waals surface area contributed by atoms with Crippen LogP contribution in [0.1, 0.15) is 56.8 Å². The summed E-state index contributed by atoms with van der Waals surface area (Å²) in [5.41, 5.74) is 8.31. The number of hydrogen-bond donors (Lipinski definition) is 8. The first kappa shape index (κ1) is 37.5. The zero-order valence-electron chi connectivity index (χ0n) is 29.9. The molecular weight excluding hydrogens is 680 g/mol. The van der Waals surface area contributed by atoms with E-state index in [1.807, 2.05) is 24.3 Å². The normalized spacial score (nSPS) is 12.4. The lowest BCUT2D eigenvalue weighted by Gasteiger charge is -2.29. The molecule has 2 atom stereocenters. The van der Waals surface area contributed by atoms with Gasteiger partial charge in [-0.15, -0.1) is 0 Å². The first-order valence-electron chi connectivity index (χ1n) is 18.2. The molecule has 8 heteroatoms. The zero-order chi connectivity index (χ0) is 38.2. The van der Waals surface area contributed by atoms with E-state index in [4.69, 9.17) is 0 Å². The van der Waals surface area contributed by atoms with Gasteiger partial charge in [0.05, 0.1) is 0 Å². The Bertz CT molecular complexity index is 2100. The van der Waals surface area contributed by atoms with E-state index in [9.17, 15) is 40.9 Å². The highest BCUT2D eigenvalue weighted by Crippen LogP contribution is 2.38. The van der Waals surface area contributed by atoms with Crippen LogP contribution in [0.3, 0.4) is 0 Å². The van der Waals surface area contributed by atoms with Gasteiger partial charge in [-0.3, -0.25) is 0 Å². The fourth-order valence-corrected chi connectivity index (χ4v) is 7.17. The van der Waals surface area contributed by atoms with Crippen molar-refractivity contribution in [2.75, 3.05) is 0 Å². The van der Waals surface area contributed by atoms with E-state index in [0.29, 0.717) is 25.7 Å². The summed E-state index contributed by atoms with van der Waals surface area (Å²) in [6, 6.07) is 37.8. The molecule has 6 rings (SSSR count). The Morgan fingerprint density at radius 1 is 0.333 bits per heavy atom. The van der Waals surface area contributed by atoms with E-state index in [-0.39, 0.29) is 46.3 Å². The first-order chi connectivity index (χ1) is 26.0. The Kier molecular flexibility index (Phi) is 11.8. The largest absolute Gasteiger partial charge is 0.508 e. The van der Waals surface area contributed by atoms with Gasteiger partial charge in [-0.2, -0.15) is 0 Å². The van der Waals surface area contributed by atoms with Gasteiger partial charge < -0.3 is 40.9 Å². The molecule has 0 unspecified atom stereocenters. The van der Waals surface area contributed by atoms with Gasteiger partial charge in [-0.25, -0.2) is 0 Å². The summed E-state index contributed by atoms with van der Waals surface area (Å²) in [5, 5.41) is 79.0. The van der Waals surface area contributed by atoms with E-state index >= 15 is 0 Å². The lowest BCUT2D eigenvalue weighted by Crippen LogP contribution is -2.19. The lowest BCUT2D eigenvalue weighted by atomic mass is 9.75. The molecule has 54 heavy (non-hydrogen) atoms. The van der Waals surface area contributed by atoms with Gasteiger partial charge in [-0.05, 0) is 156 Å². The van der Waals surface area contributed by atoms with Gasteiger partial charge in [0.1, 0.15) is 11.5 Å². The lowest BCUT2D eigenvalue weighted by molar-refractivity contribution is 0.367. The fourth-order valence-electron chi connectivity index (χ4n) is 7.17. The standard InChI is InChI=1S/C46H46O8/c47-38-19-14-31(15-20-38)13-16-37(23-32-7-1-29(2-8-32)5-11-34-25-41(49)45(53)42(50)26-34)40(36-17-21-39(48)22-18-36)24-33-9-3-30(4-10-33)6-12-35-27-43(51)46(54)44(52)28-35/h1-4,7-10,14-15,17-22,25-28,37,40,47-54H,5-6,11-13,16,23-24H2/t37-,40+/m0/s1. The summed E-state index contributed by atoms with van der Waals surface area (Å²) in [7, 11) is 0. The van der Waals surface area contributed by atoms with Crippen LogP contribution in [-0.2, 0) is 44.9 Å². The molecule has 0 amide bonds. The Morgan fingerprint density at radius 2 is 0.667 bits per heavy atom. The molecule has 0 radical (unpaired) electrons. The molecule has 0 aliphatic heterocycles. The number of hydrogen-bond acceptors (Lipinski definition) is 8. The van der Waals surface area contributed by atoms with Crippen molar-refractivity contribution in [1.82, 2.24) is 0 Å². The van der Waals surface area contributed by atoms with E-state index in [2.05, 4.69) is 48.5 Å². The Balaban J connectivity index is 1.21.